The molecule has 0 fully saturated rings. The lowest BCUT2D eigenvalue weighted by Gasteiger charge is -1.99. The third-order valence-electron chi connectivity index (χ3n) is 1.24. The summed E-state index contributed by atoms with van der Waals surface area (Å²) in [6, 6.07) is -1.04. The van der Waals surface area contributed by atoms with Gasteiger partial charge in [0.1, 0.15) is 0 Å². The van der Waals surface area contributed by atoms with Crippen LogP contribution in [0.4, 0.5) is 0 Å². The number of nitrogens with zero attached hydrogens (tertiary/aromatic N) is 1. The van der Waals surface area contributed by atoms with Crippen LogP contribution in [0.15, 0.2) is 5.18 Å². The number of hydrogen-bond acceptors (Lipinski definition) is 3. The van der Waals surface area contributed by atoms with Gasteiger partial charge in [-0.05, 0) is 6.42 Å². The van der Waals surface area contributed by atoms with Crippen LogP contribution >= 0.6 is 0 Å². The molecule has 0 rings (SSSR count). The zero-order valence-corrected chi connectivity index (χ0v) is 5.91. The summed E-state index contributed by atoms with van der Waals surface area (Å²) in [6.45, 7) is 1.93. The average molecular weight is 145 g/mol. The Balaban J connectivity index is 3.60. The monoisotopic (exact) mass is 145 g/mol. The Morgan fingerprint density at radius 1 is 1.70 bits per heavy atom. The Hall–Kier alpha value is -0.930. The highest BCUT2D eigenvalue weighted by Crippen LogP contribution is 2.03. The highest BCUT2D eigenvalue weighted by Gasteiger charge is 2.15. The molecule has 0 bridgehead atoms. The van der Waals surface area contributed by atoms with Gasteiger partial charge in [0.25, 0.3) is 0 Å². The summed E-state index contributed by atoms with van der Waals surface area (Å²) in [5.74, 6) is -1.12. The molecule has 0 saturated heterocycles. The third kappa shape index (κ3) is 3.17. The van der Waals surface area contributed by atoms with Gasteiger partial charge in [-0.3, -0.25) is 0 Å². The van der Waals surface area contributed by atoms with Crippen LogP contribution in [0.1, 0.15) is 26.2 Å². The molecule has 4 nitrogen and oxygen atoms in total. The molecule has 4 heteroatoms. The predicted octanol–water partition coefficient (Wildman–Crippen LogP) is 1.40. The van der Waals surface area contributed by atoms with Crippen LogP contribution < -0.4 is 0 Å². The minimum Gasteiger partial charge on any atom is -0.480 e. The van der Waals surface area contributed by atoms with Crippen molar-refractivity contribution in [2.45, 2.75) is 32.2 Å². The molecule has 58 valence electrons. The van der Waals surface area contributed by atoms with Crippen LogP contribution in [-0.2, 0) is 4.79 Å². The predicted molar refractivity (Wildman–Crippen MR) is 36.7 cm³/mol. The van der Waals surface area contributed by atoms with Crippen molar-refractivity contribution in [1.82, 2.24) is 0 Å². The molecule has 0 heterocycles. The van der Waals surface area contributed by atoms with E-state index >= 15 is 0 Å². The molecular weight excluding hydrogens is 134 g/mol. The van der Waals surface area contributed by atoms with Gasteiger partial charge < -0.3 is 5.11 Å². The standard InChI is InChI=1S/C6H11NO3/c1-2-3-4-5(7-10)6(8)9/h5H,2-4H2,1H3,(H,8,9). The number of carboxylic acid groups (broad SMARTS) is 1. The maximum absolute atomic E-state index is 10.1. The molecule has 0 radical (unpaired) electrons. The number of hydrogen-bond donors (Lipinski definition) is 1. The Morgan fingerprint density at radius 2 is 2.30 bits per heavy atom. The van der Waals surface area contributed by atoms with Crippen LogP contribution in [0.2, 0.25) is 0 Å². The molecule has 0 aromatic rings. The number of rotatable bonds is 5. The van der Waals surface area contributed by atoms with Gasteiger partial charge in [-0.15, -0.1) is 4.91 Å². The summed E-state index contributed by atoms with van der Waals surface area (Å²) in [5.41, 5.74) is 0. The van der Waals surface area contributed by atoms with Gasteiger partial charge in [0.15, 0.2) is 6.04 Å². The summed E-state index contributed by atoms with van der Waals surface area (Å²) in [7, 11) is 0. The lowest BCUT2D eigenvalue weighted by molar-refractivity contribution is -0.138. The normalized spacial score (nSPS) is 12.5. The van der Waals surface area contributed by atoms with E-state index < -0.39 is 12.0 Å². The molecule has 0 aromatic heterocycles. The van der Waals surface area contributed by atoms with Crippen LogP contribution in [0.3, 0.4) is 0 Å². The molecular formula is C6H11NO3. The summed E-state index contributed by atoms with van der Waals surface area (Å²) < 4.78 is 0. The van der Waals surface area contributed by atoms with E-state index in [1.807, 2.05) is 6.92 Å². The van der Waals surface area contributed by atoms with E-state index in [1.165, 1.54) is 0 Å². The minimum atomic E-state index is -1.12. The first-order chi connectivity index (χ1) is 4.72. The molecule has 1 N–H and O–H groups in total. The smallest absolute Gasteiger partial charge is 0.332 e. The van der Waals surface area contributed by atoms with Gasteiger partial charge in [0.2, 0.25) is 0 Å². The van der Waals surface area contributed by atoms with Crippen molar-refractivity contribution < 1.29 is 9.90 Å². The molecule has 1 atom stereocenters. The van der Waals surface area contributed by atoms with Crippen molar-refractivity contribution in [3.63, 3.8) is 0 Å². The van der Waals surface area contributed by atoms with Gasteiger partial charge in [0, 0.05) is 0 Å². The van der Waals surface area contributed by atoms with Crippen molar-refractivity contribution in [3.8, 4) is 0 Å². The van der Waals surface area contributed by atoms with Crippen LogP contribution in [0, 0.1) is 4.91 Å². The number of carbonyl (C=O) groups is 1. The molecule has 0 amide bonds. The molecule has 0 aliphatic rings. The largest absolute Gasteiger partial charge is 0.480 e. The Bertz CT molecular complexity index is 124. The van der Waals surface area contributed by atoms with Gasteiger partial charge in [0.05, 0.1) is 0 Å². The molecule has 0 aliphatic heterocycles. The first-order valence-electron chi connectivity index (χ1n) is 3.27. The second-order valence-electron chi connectivity index (χ2n) is 2.10. The Labute approximate surface area is 59.2 Å². The van der Waals surface area contributed by atoms with Crippen LogP contribution in [0.25, 0.3) is 0 Å². The molecule has 0 spiro atoms. The summed E-state index contributed by atoms with van der Waals surface area (Å²) >= 11 is 0. The second-order valence-corrected chi connectivity index (χ2v) is 2.10. The van der Waals surface area contributed by atoms with E-state index in [0.717, 1.165) is 12.8 Å². The van der Waals surface area contributed by atoms with Gasteiger partial charge in [-0.1, -0.05) is 24.9 Å². The summed E-state index contributed by atoms with van der Waals surface area (Å²) in [5, 5.41) is 10.8. The van der Waals surface area contributed by atoms with Gasteiger partial charge in [-0.25, -0.2) is 4.79 Å². The lowest BCUT2D eigenvalue weighted by Crippen LogP contribution is -2.16. The number of aliphatic carboxylic acids is 1. The van der Waals surface area contributed by atoms with E-state index in [-0.39, 0.29) is 0 Å². The summed E-state index contributed by atoms with van der Waals surface area (Å²) in [6.07, 6.45) is 1.98. The first kappa shape index (κ1) is 9.07. The highest BCUT2D eigenvalue weighted by molar-refractivity contribution is 5.73. The fourth-order valence-electron chi connectivity index (χ4n) is 0.619. The second kappa shape index (κ2) is 4.90. The zero-order valence-electron chi connectivity index (χ0n) is 5.91. The Morgan fingerprint density at radius 3 is 2.60 bits per heavy atom. The van der Waals surface area contributed by atoms with Crippen molar-refractivity contribution in [2.75, 3.05) is 0 Å². The average Bonchev–Trinajstić information content (AvgIpc) is 1.89. The van der Waals surface area contributed by atoms with Gasteiger partial charge in [-0.2, -0.15) is 0 Å². The van der Waals surface area contributed by atoms with Crippen LogP contribution in [-0.4, -0.2) is 17.1 Å². The maximum atomic E-state index is 10.1. The maximum Gasteiger partial charge on any atom is 0.332 e. The van der Waals surface area contributed by atoms with E-state index in [9.17, 15) is 9.70 Å². The highest BCUT2D eigenvalue weighted by atomic mass is 16.4. The van der Waals surface area contributed by atoms with Crippen molar-refractivity contribution in [3.05, 3.63) is 4.91 Å². The van der Waals surface area contributed by atoms with Crippen molar-refractivity contribution >= 4 is 5.97 Å². The third-order valence-corrected chi connectivity index (χ3v) is 1.24. The fourth-order valence-corrected chi connectivity index (χ4v) is 0.619. The minimum absolute atomic E-state index is 0.356. The number of carboxylic acids is 1. The molecule has 10 heavy (non-hydrogen) atoms. The number of unbranched alkanes of at least 4 members (excludes halogenated alkanes) is 1. The Kier molecular flexibility index (Phi) is 4.45. The van der Waals surface area contributed by atoms with E-state index in [2.05, 4.69) is 5.18 Å². The van der Waals surface area contributed by atoms with Crippen molar-refractivity contribution in [1.29, 1.82) is 0 Å². The molecule has 0 aromatic carbocycles. The summed E-state index contributed by atoms with van der Waals surface area (Å²) in [4.78, 5) is 20.0. The van der Waals surface area contributed by atoms with E-state index in [4.69, 9.17) is 5.11 Å². The SMILES string of the molecule is CCCCC(N=O)C(=O)O. The van der Waals surface area contributed by atoms with E-state index in [0.29, 0.717) is 6.42 Å². The van der Waals surface area contributed by atoms with Crippen LogP contribution in [0.5, 0.6) is 0 Å². The zero-order chi connectivity index (χ0) is 7.98. The topological polar surface area (TPSA) is 66.7 Å². The fraction of sp³-hybridized carbons (Fsp3) is 0.833. The van der Waals surface area contributed by atoms with Crippen molar-refractivity contribution in [2.24, 2.45) is 5.18 Å². The lowest BCUT2D eigenvalue weighted by atomic mass is 10.1. The number of nitroso groups, excluding NO2 is 1. The molecule has 1 unspecified atom stereocenters. The molecule has 0 saturated carbocycles. The quantitative estimate of drug-likeness (QED) is 0.594. The first-order valence-corrected chi connectivity index (χ1v) is 3.27. The van der Waals surface area contributed by atoms with E-state index in [1.54, 1.807) is 0 Å². The van der Waals surface area contributed by atoms with Gasteiger partial charge >= 0.3 is 5.97 Å². The molecule has 0 aliphatic carbocycles.